The predicted octanol–water partition coefficient (Wildman–Crippen LogP) is 4.22. The van der Waals surface area contributed by atoms with Crippen LogP contribution in [0.4, 0.5) is 0 Å². The second-order valence-corrected chi connectivity index (χ2v) is 7.49. The van der Waals surface area contributed by atoms with E-state index in [1.165, 1.54) is 18.0 Å². The van der Waals surface area contributed by atoms with E-state index in [9.17, 15) is 14.9 Å². The highest BCUT2D eigenvalue weighted by atomic mass is 35.5. The lowest BCUT2D eigenvalue weighted by Gasteiger charge is -2.15. The van der Waals surface area contributed by atoms with Gasteiger partial charge in [-0.1, -0.05) is 29.3 Å². The molecule has 2 rings (SSSR count). The Morgan fingerprint density at radius 2 is 1.97 bits per heavy atom. The average molecular weight is 459 g/mol. The van der Waals surface area contributed by atoms with Crippen LogP contribution in [0.3, 0.4) is 0 Å². The lowest BCUT2D eigenvalue weighted by atomic mass is 10.1. The van der Waals surface area contributed by atoms with E-state index >= 15 is 0 Å². The van der Waals surface area contributed by atoms with Crippen LogP contribution in [0.2, 0.25) is 10.0 Å². The van der Waals surface area contributed by atoms with Crippen LogP contribution in [0.5, 0.6) is 0 Å². The number of carbonyl (C=O) groups excluding carboxylic acids is 2. The fourth-order valence-electron chi connectivity index (χ4n) is 2.92. The van der Waals surface area contributed by atoms with Crippen LogP contribution in [-0.2, 0) is 14.3 Å². The first-order valence-electron chi connectivity index (χ1n) is 9.24. The van der Waals surface area contributed by atoms with E-state index in [4.69, 9.17) is 33.2 Å². The summed E-state index contributed by atoms with van der Waals surface area (Å²) in [6.45, 7) is 3.40. The van der Waals surface area contributed by atoms with Gasteiger partial charge >= 0.3 is 5.97 Å². The van der Waals surface area contributed by atoms with Crippen LogP contribution >= 0.6 is 23.2 Å². The van der Waals surface area contributed by atoms with E-state index in [-0.39, 0.29) is 18.5 Å². The van der Waals surface area contributed by atoms with Gasteiger partial charge in [0.25, 0.3) is 5.91 Å². The van der Waals surface area contributed by atoms with Gasteiger partial charge in [-0.15, -0.1) is 0 Å². The summed E-state index contributed by atoms with van der Waals surface area (Å²) in [5.74, 6) is -1.37. The molecular weight excluding hydrogens is 439 g/mol. The topological polar surface area (TPSA) is 99.1 Å². The summed E-state index contributed by atoms with van der Waals surface area (Å²) in [7, 11) is 1.50. The van der Waals surface area contributed by atoms with E-state index in [1.54, 1.807) is 18.2 Å². The third-order valence-electron chi connectivity index (χ3n) is 4.59. The number of halogens is 2. The molecule has 7 nitrogen and oxygen atoms in total. The summed E-state index contributed by atoms with van der Waals surface area (Å²) < 4.78 is 6.85. The molecule has 31 heavy (non-hydrogen) atoms. The number of aromatic nitrogens is 1. The van der Waals surface area contributed by atoms with Gasteiger partial charge in [-0.3, -0.25) is 4.79 Å². The number of esters is 1. The fraction of sp³-hybridized carbons (Fsp3) is 0.273. The molecule has 0 saturated carbocycles. The molecule has 0 fully saturated rings. The van der Waals surface area contributed by atoms with Crippen molar-refractivity contribution in [3.05, 3.63) is 56.8 Å². The zero-order valence-electron chi connectivity index (χ0n) is 17.3. The third-order valence-corrected chi connectivity index (χ3v) is 5.40. The number of hydrogen-bond acceptors (Lipinski definition) is 5. The summed E-state index contributed by atoms with van der Waals surface area (Å²) >= 11 is 12.5. The van der Waals surface area contributed by atoms with Gasteiger partial charge in [-0.05, 0) is 43.7 Å². The number of amides is 1. The molecule has 1 amide bonds. The SMILES string of the molecule is Cc1cc(/C=C(\C#N)C(=O)OCC(=O)N(C)CCC#N)c(C)n1-c1cccc(Cl)c1Cl. The molecule has 0 unspecified atom stereocenters. The van der Waals surface area contributed by atoms with Gasteiger partial charge in [-0.2, -0.15) is 10.5 Å². The van der Waals surface area contributed by atoms with Crippen molar-refractivity contribution in [2.24, 2.45) is 0 Å². The number of aryl methyl sites for hydroxylation is 1. The Labute approximate surface area is 190 Å². The molecule has 0 radical (unpaired) electrons. The maximum Gasteiger partial charge on any atom is 0.349 e. The number of rotatable bonds is 7. The molecule has 2 aromatic rings. The molecular formula is C22H20Cl2N4O3. The molecule has 0 atom stereocenters. The number of hydrogen-bond donors (Lipinski definition) is 0. The third kappa shape index (κ3) is 5.67. The Kier molecular flexibility index (Phi) is 8.27. The van der Waals surface area contributed by atoms with Crippen molar-refractivity contribution in [3.8, 4) is 17.8 Å². The molecule has 0 spiro atoms. The molecule has 1 aromatic carbocycles. The zero-order valence-corrected chi connectivity index (χ0v) is 18.8. The van der Waals surface area contributed by atoms with Gasteiger partial charge in [0, 0.05) is 25.0 Å². The minimum Gasteiger partial charge on any atom is -0.451 e. The van der Waals surface area contributed by atoms with Crippen molar-refractivity contribution < 1.29 is 14.3 Å². The highest BCUT2D eigenvalue weighted by Gasteiger charge is 2.18. The fourth-order valence-corrected chi connectivity index (χ4v) is 3.30. The molecule has 1 aromatic heterocycles. The number of ether oxygens (including phenoxy) is 1. The normalized spacial score (nSPS) is 10.9. The second kappa shape index (κ2) is 10.7. The first-order valence-corrected chi connectivity index (χ1v) is 10.00. The first-order chi connectivity index (χ1) is 14.7. The van der Waals surface area contributed by atoms with E-state index < -0.39 is 18.5 Å². The quantitative estimate of drug-likeness (QED) is 0.351. The molecule has 0 saturated heterocycles. The van der Waals surface area contributed by atoms with Crippen LogP contribution in [0, 0.1) is 36.5 Å². The van der Waals surface area contributed by atoms with Gasteiger partial charge in [0.1, 0.15) is 11.6 Å². The molecule has 0 N–H and O–H groups in total. The van der Waals surface area contributed by atoms with Crippen molar-refractivity contribution in [2.75, 3.05) is 20.2 Å². The van der Waals surface area contributed by atoms with Crippen LogP contribution < -0.4 is 0 Å². The smallest absolute Gasteiger partial charge is 0.349 e. The van der Waals surface area contributed by atoms with Crippen LogP contribution in [0.15, 0.2) is 29.8 Å². The average Bonchev–Trinajstić information content (AvgIpc) is 3.02. The van der Waals surface area contributed by atoms with Crippen molar-refractivity contribution in [2.45, 2.75) is 20.3 Å². The van der Waals surface area contributed by atoms with Crippen molar-refractivity contribution in [1.82, 2.24) is 9.47 Å². The molecule has 9 heteroatoms. The maximum atomic E-state index is 12.3. The Balaban J connectivity index is 2.25. The Hall–Kier alpha value is -3.26. The van der Waals surface area contributed by atoms with Gasteiger partial charge in [0.15, 0.2) is 6.61 Å². The van der Waals surface area contributed by atoms with Crippen molar-refractivity contribution in [1.29, 1.82) is 10.5 Å². The number of nitriles is 2. The summed E-state index contributed by atoms with van der Waals surface area (Å²) in [5, 5.41) is 18.8. The Bertz CT molecular complexity index is 1120. The summed E-state index contributed by atoms with van der Waals surface area (Å²) in [5.41, 5.74) is 2.63. The van der Waals surface area contributed by atoms with E-state index in [0.29, 0.717) is 21.3 Å². The summed E-state index contributed by atoms with van der Waals surface area (Å²) in [6.07, 6.45) is 1.58. The number of carbonyl (C=O) groups is 2. The summed E-state index contributed by atoms with van der Waals surface area (Å²) in [4.78, 5) is 25.5. The van der Waals surface area contributed by atoms with Gasteiger partial charge in [0.2, 0.25) is 0 Å². The largest absolute Gasteiger partial charge is 0.451 e. The van der Waals surface area contributed by atoms with E-state index in [1.807, 2.05) is 36.6 Å². The van der Waals surface area contributed by atoms with Crippen LogP contribution in [0.25, 0.3) is 11.8 Å². The lowest BCUT2D eigenvalue weighted by molar-refractivity contribution is -0.147. The van der Waals surface area contributed by atoms with E-state index in [2.05, 4.69) is 0 Å². The molecule has 160 valence electrons. The molecule has 0 aliphatic carbocycles. The molecule has 1 heterocycles. The molecule has 0 aliphatic heterocycles. The van der Waals surface area contributed by atoms with Crippen LogP contribution in [0.1, 0.15) is 23.4 Å². The highest BCUT2D eigenvalue weighted by molar-refractivity contribution is 6.43. The predicted molar refractivity (Wildman–Crippen MR) is 118 cm³/mol. The Morgan fingerprint density at radius 3 is 2.61 bits per heavy atom. The lowest BCUT2D eigenvalue weighted by Crippen LogP contribution is -2.32. The van der Waals surface area contributed by atoms with Gasteiger partial charge in [-0.25, -0.2) is 4.79 Å². The summed E-state index contributed by atoms with van der Waals surface area (Å²) in [6, 6.07) is 10.8. The minimum atomic E-state index is -0.907. The number of nitrogens with zero attached hydrogens (tertiary/aromatic N) is 4. The standard InChI is InChI=1S/C22H20Cl2N4O3/c1-14-10-16(15(2)28(14)19-7-4-6-18(23)21(19)24)11-17(12-26)22(30)31-13-20(29)27(3)9-5-8-25/h4,6-7,10-11H,5,9,13H2,1-3H3/b17-11+. The maximum absolute atomic E-state index is 12.3. The molecule has 0 bridgehead atoms. The zero-order chi connectivity index (χ0) is 23.1. The minimum absolute atomic E-state index is 0.172. The molecule has 0 aliphatic rings. The highest BCUT2D eigenvalue weighted by Crippen LogP contribution is 2.32. The number of likely N-dealkylation sites (N-methyl/N-ethyl adjacent to an activating group) is 1. The van der Waals surface area contributed by atoms with Crippen molar-refractivity contribution in [3.63, 3.8) is 0 Å². The monoisotopic (exact) mass is 458 g/mol. The Morgan fingerprint density at radius 1 is 1.26 bits per heavy atom. The number of benzene rings is 1. The van der Waals surface area contributed by atoms with E-state index in [0.717, 1.165) is 11.4 Å². The second-order valence-electron chi connectivity index (χ2n) is 6.70. The van der Waals surface area contributed by atoms with Crippen molar-refractivity contribution >= 4 is 41.2 Å². The van der Waals surface area contributed by atoms with Gasteiger partial charge in [0.05, 0.1) is 28.2 Å². The van der Waals surface area contributed by atoms with Crippen LogP contribution in [-0.4, -0.2) is 41.5 Å². The van der Waals surface area contributed by atoms with Gasteiger partial charge < -0.3 is 14.2 Å². The first kappa shape index (κ1) is 24.0.